The average molecular weight is 489 g/mol. The minimum atomic E-state index is -0.431. The van der Waals surface area contributed by atoms with E-state index in [0.29, 0.717) is 19.6 Å². The van der Waals surface area contributed by atoms with Gasteiger partial charge in [0.15, 0.2) is 0 Å². The third kappa shape index (κ3) is 7.25. The van der Waals surface area contributed by atoms with Crippen molar-refractivity contribution in [1.29, 1.82) is 0 Å². The van der Waals surface area contributed by atoms with Crippen LogP contribution in [0.25, 0.3) is 0 Å². The summed E-state index contributed by atoms with van der Waals surface area (Å²) in [5, 5.41) is 13.4. The predicted molar refractivity (Wildman–Crippen MR) is 113 cm³/mol. The van der Waals surface area contributed by atoms with Gasteiger partial charge in [0.25, 0.3) is 0 Å². The standard InChI is InChI=1S/C23H30NO3S.Y/c1-2-3-4-9-22(25)18-11-13-19(14-12-18)24-20(7-5-10-23(24)26)16-27-17-21-8-6-15-28-21;/h6,8,11-14,20,22,25H,2-5,7,9-10,16-17H2,1H3;/q-1;/t20-,22?;/m1./s1. The molecule has 1 aliphatic rings. The molecule has 1 unspecified atom stereocenters. The number of aliphatic hydroxyl groups is 1. The summed E-state index contributed by atoms with van der Waals surface area (Å²) in [5.41, 5.74) is 1.82. The minimum absolute atomic E-state index is 0. The fourth-order valence-corrected chi connectivity index (χ4v) is 4.28. The molecule has 0 bridgehead atoms. The van der Waals surface area contributed by atoms with E-state index in [-0.39, 0.29) is 44.7 Å². The molecule has 3 rings (SSSR count). The van der Waals surface area contributed by atoms with Crippen molar-refractivity contribution in [3.8, 4) is 0 Å². The van der Waals surface area contributed by atoms with Crippen molar-refractivity contribution in [3.05, 3.63) is 52.2 Å². The molecule has 0 aliphatic carbocycles. The number of nitrogens with zero attached hydrogens (tertiary/aromatic N) is 1. The molecule has 6 heteroatoms. The summed E-state index contributed by atoms with van der Waals surface area (Å²) in [5.74, 6) is 0.153. The van der Waals surface area contributed by atoms with Crippen LogP contribution in [-0.4, -0.2) is 23.7 Å². The van der Waals surface area contributed by atoms with Gasteiger partial charge in [-0.15, -0.1) is 10.3 Å². The normalized spacial score (nSPS) is 17.8. The summed E-state index contributed by atoms with van der Waals surface area (Å²) in [6.45, 7) is 3.26. The summed E-state index contributed by atoms with van der Waals surface area (Å²) in [4.78, 5) is 15.6. The molecule has 1 aromatic carbocycles. The molecular formula is C23H30NO3SY-. The number of benzene rings is 1. The van der Waals surface area contributed by atoms with Gasteiger partial charge in [0, 0.05) is 51.4 Å². The number of amides is 1. The summed E-state index contributed by atoms with van der Waals surface area (Å²) in [7, 11) is 0. The first-order valence-electron chi connectivity index (χ1n) is 10.3. The summed E-state index contributed by atoms with van der Waals surface area (Å²) in [6.07, 6.45) is 6.11. The zero-order valence-electron chi connectivity index (χ0n) is 17.2. The van der Waals surface area contributed by atoms with Crippen LogP contribution in [-0.2, 0) is 48.8 Å². The smallest absolute Gasteiger partial charge is 0.227 e. The number of aliphatic hydroxyl groups excluding tert-OH is 1. The Kier molecular flexibility index (Phi) is 11.0. The van der Waals surface area contributed by atoms with Crippen molar-refractivity contribution in [2.45, 2.75) is 70.6 Å². The maximum absolute atomic E-state index is 12.6. The number of ether oxygens (including phenoxy) is 1. The summed E-state index contributed by atoms with van der Waals surface area (Å²) in [6, 6.07) is 11.8. The van der Waals surface area contributed by atoms with Crippen LogP contribution < -0.4 is 4.90 Å². The molecule has 4 nitrogen and oxygen atoms in total. The van der Waals surface area contributed by atoms with Crippen molar-refractivity contribution >= 4 is 22.9 Å². The second-order valence-electron chi connectivity index (χ2n) is 7.45. The van der Waals surface area contributed by atoms with Crippen LogP contribution in [0, 0.1) is 5.38 Å². The third-order valence-corrected chi connectivity index (χ3v) is 6.05. The Morgan fingerprint density at radius 3 is 2.76 bits per heavy atom. The molecule has 1 fully saturated rings. The molecule has 1 radical (unpaired) electrons. The van der Waals surface area contributed by atoms with Gasteiger partial charge in [-0.2, -0.15) is 12.1 Å². The molecule has 1 aromatic heterocycles. The Balaban J connectivity index is 0.00000300. The molecule has 1 aliphatic heterocycles. The fourth-order valence-electron chi connectivity index (χ4n) is 3.71. The Morgan fingerprint density at radius 2 is 2.07 bits per heavy atom. The van der Waals surface area contributed by atoms with Gasteiger partial charge in [-0.25, -0.2) is 0 Å². The number of rotatable bonds is 10. The molecule has 1 amide bonds. The zero-order valence-corrected chi connectivity index (χ0v) is 20.8. The number of hydrogen-bond donors (Lipinski definition) is 1. The SMILES string of the molecule is CCCCCC(O)c1ccc(N2C(=O)CCC[C@@H]2COCc2cc[c-]s2)cc1.[Y]. The van der Waals surface area contributed by atoms with E-state index in [9.17, 15) is 9.90 Å². The fraction of sp³-hybridized carbons (Fsp3) is 0.522. The van der Waals surface area contributed by atoms with Gasteiger partial charge in [-0.3, -0.25) is 16.1 Å². The molecule has 2 aromatic rings. The van der Waals surface area contributed by atoms with Crippen LogP contribution >= 0.6 is 11.3 Å². The Bertz CT molecular complexity index is 720. The number of piperidine rings is 1. The Labute approximate surface area is 203 Å². The van der Waals surface area contributed by atoms with Crippen molar-refractivity contribution in [1.82, 2.24) is 0 Å². The maximum Gasteiger partial charge on any atom is 0.227 e. The van der Waals surface area contributed by atoms with E-state index in [1.165, 1.54) is 0 Å². The zero-order chi connectivity index (χ0) is 19.8. The number of hydrogen-bond acceptors (Lipinski definition) is 4. The van der Waals surface area contributed by atoms with E-state index in [4.69, 9.17) is 4.74 Å². The van der Waals surface area contributed by atoms with Crippen LogP contribution in [0.4, 0.5) is 5.69 Å². The van der Waals surface area contributed by atoms with Crippen molar-refractivity contribution < 1.29 is 47.3 Å². The molecule has 155 valence electrons. The summed E-state index contributed by atoms with van der Waals surface area (Å²) < 4.78 is 5.89. The van der Waals surface area contributed by atoms with Crippen LogP contribution in [0.2, 0.25) is 0 Å². The first-order valence-corrected chi connectivity index (χ1v) is 11.1. The van der Waals surface area contributed by atoms with E-state index in [1.807, 2.05) is 41.3 Å². The van der Waals surface area contributed by atoms with Crippen LogP contribution in [0.5, 0.6) is 0 Å². The molecule has 0 spiro atoms. The van der Waals surface area contributed by atoms with Crippen LogP contribution in [0.15, 0.2) is 36.4 Å². The van der Waals surface area contributed by atoms with Gasteiger partial charge in [0.05, 0.1) is 18.8 Å². The number of unbranched alkanes of at least 4 members (excludes halogenated alkanes) is 2. The monoisotopic (exact) mass is 489 g/mol. The average Bonchev–Trinajstić information content (AvgIpc) is 3.22. The van der Waals surface area contributed by atoms with Gasteiger partial charge in [0.2, 0.25) is 5.91 Å². The largest absolute Gasteiger partial charge is 0.388 e. The Morgan fingerprint density at radius 1 is 1.28 bits per heavy atom. The van der Waals surface area contributed by atoms with Crippen molar-refractivity contribution in [2.24, 2.45) is 0 Å². The van der Waals surface area contributed by atoms with E-state index in [2.05, 4.69) is 12.3 Å². The second kappa shape index (κ2) is 13.0. The van der Waals surface area contributed by atoms with Gasteiger partial charge >= 0.3 is 0 Å². The molecule has 0 saturated carbocycles. The van der Waals surface area contributed by atoms with Crippen LogP contribution in [0.1, 0.15) is 68.4 Å². The van der Waals surface area contributed by atoms with Crippen molar-refractivity contribution in [3.63, 3.8) is 0 Å². The minimum Gasteiger partial charge on any atom is -0.388 e. The molecule has 2 heterocycles. The topological polar surface area (TPSA) is 49.8 Å². The first kappa shape index (κ1) is 24.7. The van der Waals surface area contributed by atoms with Gasteiger partial charge in [-0.1, -0.05) is 38.3 Å². The number of anilines is 1. The summed E-state index contributed by atoms with van der Waals surface area (Å²) >= 11 is 1.56. The van der Waals surface area contributed by atoms with Gasteiger partial charge in [0.1, 0.15) is 0 Å². The maximum atomic E-state index is 12.6. The van der Waals surface area contributed by atoms with E-state index >= 15 is 0 Å². The van der Waals surface area contributed by atoms with E-state index in [0.717, 1.165) is 54.7 Å². The predicted octanol–water partition coefficient (Wildman–Crippen LogP) is 5.26. The molecule has 2 atom stereocenters. The van der Waals surface area contributed by atoms with Crippen molar-refractivity contribution in [2.75, 3.05) is 11.5 Å². The second-order valence-corrected chi connectivity index (χ2v) is 8.41. The molecule has 1 N–H and O–H groups in total. The van der Waals surface area contributed by atoms with Gasteiger partial charge in [-0.05, 0) is 37.0 Å². The number of thiophene rings is 1. The Hall–Kier alpha value is -0.586. The third-order valence-electron chi connectivity index (χ3n) is 5.28. The first-order chi connectivity index (χ1) is 13.7. The number of carbonyl (C=O) groups excluding carboxylic acids is 1. The molecule has 1 saturated heterocycles. The van der Waals surface area contributed by atoms with E-state index < -0.39 is 6.10 Å². The quantitative estimate of drug-likeness (QED) is 0.366. The van der Waals surface area contributed by atoms with Crippen LogP contribution in [0.3, 0.4) is 0 Å². The number of carbonyl (C=O) groups is 1. The molecular weight excluding hydrogens is 459 g/mol. The van der Waals surface area contributed by atoms with E-state index in [1.54, 1.807) is 11.3 Å². The van der Waals surface area contributed by atoms with Gasteiger partial charge < -0.3 is 14.7 Å². The molecule has 29 heavy (non-hydrogen) atoms.